The van der Waals surface area contributed by atoms with Crippen LogP contribution in [0.3, 0.4) is 0 Å². The molecule has 0 saturated carbocycles. The molecule has 0 aliphatic heterocycles. The van der Waals surface area contributed by atoms with Crippen LogP contribution < -0.4 is 25.1 Å². The SMILES string of the molecule is COc1cc(CNC(=O)Cn2nc(C)c3c(C)n(-c4ccccc4)nc3c2=O)cc(OC)c1OC. The number of rotatable bonds is 8. The lowest BCUT2D eigenvalue weighted by Gasteiger charge is -2.14. The molecule has 4 aromatic rings. The number of methoxy groups -OCH3 is 3. The van der Waals surface area contributed by atoms with Gasteiger partial charge in [-0.3, -0.25) is 9.59 Å². The highest BCUT2D eigenvalue weighted by molar-refractivity contribution is 5.84. The van der Waals surface area contributed by atoms with E-state index in [-0.39, 0.29) is 24.5 Å². The number of hydrogen-bond donors (Lipinski definition) is 1. The van der Waals surface area contributed by atoms with Gasteiger partial charge in [0.1, 0.15) is 6.54 Å². The molecule has 2 heterocycles. The molecule has 10 heteroatoms. The lowest BCUT2D eigenvalue weighted by Crippen LogP contribution is -2.34. The van der Waals surface area contributed by atoms with Crippen molar-refractivity contribution >= 4 is 16.8 Å². The molecule has 35 heavy (non-hydrogen) atoms. The summed E-state index contributed by atoms with van der Waals surface area (Å²) in [6.07, 6.45) is 0. The van der Waals surface area contributed by atoms with Gasteiger partial charge in [-0.15, -0.1) is 0 Å². The van der Waals surface area contributed by atoms with Crippen LogP contribution in [0.4, 0.5) is 0 Å². The summed E-state index contributed by atoms with van der Waals surface area (Å²) in [4.78, 5) is 25.8. The molecule has 182 valence electrons. The number of aromatic nitrogens is 4. The predicted octanol–water partition coefficient (Wildman–Crippen LogP) is 2.54. The van der Waals surface area contributed by atoms with E-state index in [4.69, 9.17) is 14.2 Å². The van der Waals surface area contributed by atoms with Gasteiger partial charge >= 0.3 is 0 Å². The van der Waals surface area contributed by atoms with Gasteiger partial charge in [0, 0.05) is 6.54 Å². The Morgan fingerprint density at radius 2 is 1.63 bits per heavy atom. The number of nitrogens with zero attached hydrogens (tertiary/aromatic N) is 4. The largest absolute Gasteiger partial charge is 0.493 e. The molecule has 1 N–H and O–H groups in total. The van der Waals surface area contributed by atoms with E-state index in [0.717, 1.165) is 21.6 Å². The van der Waals surface area contributed by atoms with Crippen molar-refractivity contribution in [2.75, 3.05) is 21.3 Å². The van der Waals surface area contributed by atoms with Gasteiger partial charge in [0.25, 0.3) is 5.56 Å². The summed E-state index contributed by atoms with van der Waals surface area (Å²) in [7, 11) is 4.57. The third-order valence-electron chi connectivity index (χ3n) is 5.69. The maximum atomic E-state index is 13.1. The summed E-state index contributed by atoms with van der Waals surface area (Å²) in [5.74, 6) is 1.07. The first-order valence-electron chi connectivity index (χ1n) is 11.0. The number of nitrogens with one attached hydrogen (secondary N) is 1. The van der Waals surface area contributed by atoms with Crippen LogP contribution in [0, 0.1) is 13.8 Å². The number of aryl methyl sites for hydroxylation is 2. The average Bonchev–Trinajstić information content (AvgIpc) is 3.23. The average molecular weight is 478 g/mol. The van der Waals surface area contributed by atoms with Gasteiger partial charge in [-0.2, -0.15) is 10.2 Å². The van der Waals surface area contributed by atoms with Crippen molar-refractivity contribution in [3.05, 3.63) is 69.8 Å². The first-order valence-corrected chi connectivity index (χ1v) is 11.0. The maximum Gasteiger partial charge on any atom is 0.295 e. The molecule has 2 aromatic carbocycles. The lowest BCUT2D eigenvalue weighted by atomic mass is 10.1. The minimum Gasteiger partial charge on any atom is -0.493 e. The Kier molecular flexibility index (Phi) is 6.72. The van der Waals surface area contributed by atoms with Crippen LogP contribution in [-0.4, -0.2) is 46.8 Å². The molecule has 1 amide bonds. The van der Waals surface area contributed by atoms with Gasteiger partial charge in [-0.05, 0) is 43.7 Å². The number of benzene rings is 2. The highest BCUT2D eigenvalue weighted by atomic mass is 16.5. The van der Waals surface area contributed by atoms with Crippen LogP contribution in [0.25, 0.3) is 16.6 Å². The molecule has 0 saturated heterocycles. The third kappa shape index (κ3) is 4.54. The molecule has 0 bridgehead atoms. The van der Waals surface area contributed by atoms with Crippen LogP contribution in [0.1, 0.15) is 17.0 Å². The second-order valence-electron chi connectivity index (χ2n) is 7.91. The lowest BCUT2D eigenvalue weighted by molar-refractivity contribution is -0.122. The second-order valence-corrected chi connectivity index (χ2v) is 7.91. The zero-order valence-corrected chi connectivity index (χ0v) is 20.3. The molecular formula is C25H27N5O5. The minimum absolute atomic E-state index is 0.202. The van der Waals surface area contributed by atoms with E-state index in [1.807, 2.05) is 37.3 Å². The Hall–Kier alpha value is -4.34. The number of carbonyl (C=O) groups excluding carboxylic acids is 1. The normalized spacial score (nSPS) is 10.9. The number of fused-ring (bicyclic) bond motifs is 1. The fourth-order valence-corrected chi connectivity index (χ4v) is 4.04. The Morgan fingerprint density at radius 3 is 2.23 bits per heavy atom. The Morgan fingerprint density at radius 1 is 0.971 bits per heavy atom. The number of amides is 1. The first kappa shape index (κ1) is 23.8. The molecule has 4 rings (SSSR count). The summed E-state index contributed by atoms with van der Waals surface area (Å²) >= 11 is 0. The fraction of sp³-hybridized carbons (Fsp3) is 0.280. The fourth-order valence-electron chi connectivity index (χ4n) is 4.04. The molecule has 0 spiro atoms. The summed E-state index contributed by atoms with van der Waals surface area (Å²) in [6.45, 7) is 3.66. The summed E-state index contributed by atoms with van der Waals surface area (Å²) in [6, 6.07) is 13.1. The molecule has 10 nitrogen and oxygen atoms in total. The molecule has 0 atom stereocenters. The molecule has 0 aliphatic carbocycles. The minimum atomic E-state index is -0.425. The molecule has 0 aliphatic rings. The van der Waals surface area contributed by atoms with Crippen molar-refractivity contribution in [3.63, 3.8) is 0 Å². The second kappa shape index (κ2) is 9.88. The van der Waals surface area contributed by atoms with Crippen molar-refractivity contribution in [1.29, 1.82) is 0 Å². The predicted molar refractivity (Wildman–Crippen MR) is 131 cm³/mol. The van der Waals surface area contributed by atoms with E-state index in [0.29, 0.717) is 28.3 Å². The van der Waals surface area contributed by atoms with Gasteiger partial charge in [-0.25, -0.2) is 9.36 Å². The number of para-hydroxylation sites is 1. The molecule has 0 radical (unpaired) electrons. The van der Waals surface area contributed by atoms with Crippen molar-refractivity contribution in [1.82, 2.24) is 24.9 Å². The van der Waals surface area contributed by atoms with Crippen molar-refractivity contribution in [2.45, 2.75) is 26.9 Å². The van der Waals surface area contributed by atoms with E-state index in [9.17, 15) is 9.59 Å². The van der Waals surface area contributed by atoms with Crippen molar-refractivity contribution < 1.29 is 19.0 Å². The topological polar surface area (TPSA) is 110 Å². The highest BCUT2D eigenvalue weighted by Crippen LogP contribution is 2.38. The zero-order valence-electron chi connectivity index (χ0n) is 20.3. The van der Waals surface area contributed by atoms with Crippen LogP contribution in [-0.2, 0) is 17.9 Å². The van der Waals surface area contributed by atoms with Gasteiger partial charge < -0.3 is 19.5 Å². The monoisotopic (exact) mass is 477 g/mol. The number of ether oxygens (including phenoxy) is 3. The van der Waals surface area contributed by atoms with E-state index < -0.39 is 5.56 Å². The molecule has 0 unspecified atom stereocenters. The van der Waals surface area contributed by atoms with Gasteiger partial charge in [0.05, 0.1) is 43.8 Å². The zero-order chi connectivity index (χ0) is 25.1. The quantitative estimate of drug-likeness (QED) is 0.415. The molecular weight excluding hydrogens is 450 g/mol. The maximum absolute atomic E-state index is 13.1. The molecule has 2 aromatic heterocycles. The van der Waals surface area contributed by atoms with E-state index in [1.54, 1.807) is 23.7 Å². The van der Waals surface area contributed by atoms with Gasteiger partial charge in [0.2, 0.25) is 11.7 Å². The Bertz CT molecular complexity index is 1420. The third-order valence-corrected chi connectivity index (χ3v) is 5.69. The van der Waals surface area contributed by atoms with Crippen LogP contribution in [0.15, 0.2) is 47.3 Å². The first-order chi connectivity index (χ1) is 16.9. The van der Waals surface area contributed by atoms with Gasteiger partial charge in [0.15, 0.2) is 17.0 Å². The number of hydrogen-bond acceptors (Lipinski definition) is 7. The van der Waals surface area contributed by atoms with E-state index in [1.165, 1.54) is 21.3 Å². The van der Waals surface area contributed by atoms with Gasteiger partial charge in [-0.1, -0.05) is 18.2 Å². The highest BCUT2D eigenvalue weighted by Gasteiger charge is 2.19. The smallest absolute Gasteiger partial charge is 0.295 e. The Balaban J connectivity index is 1.57. The number of carbonyl (C=O) groups is 1. The van der Waals surface area contributed by atoms with E-state index >= 15 is 0 Å². The van der Waals surface area contributed by atoms with E-state index in [2.05, 4.69) is 15.5 Å². The Labute approximate surface area is 202 Å². The standard InChI is InChI=1S/C25H27N5O5/c1-15-22-16(2)30(18-9-7-6-8-10-18)28-23(22)25(32)29(27-15)14-21(31)26-13-17-11-19(33-3)24(35-5)20(12-17)34-4/h6-12H,13-14H2,1-5H3,(H,26,31). The van der Waals surface area contributed by atoms with Crippen LogP contribution in [0.5, 0.6) is 17.2 Å². The molecule has 0 fully saturated rings. The van der Waals surface area contributed by atoms with Crippen molar-refractivity contribution in [2.24, 2.45) is 0 Å². The van der Waals surface area contributed by atoms with Crippen LogP contribution in [0.2, 0.25) is 0 Å². The van der Waals surface area contributed by atoms with Crippen LogP contribution >= 0.6 is 0 Å². The summed E-state index contributed by atoms with van der Waals surface area (Å²) < 4.78 is 18.9. The summed E-state index contributed by atoms with van der Waals surface area (Å²) in [5, 5.41) is 12.4. The van der Waals surface area contributed by atoms with Crippen molar-refractivity contribution in [3.8, 4) is 22.9 Å². The summed E-state index contributed by atoms with van der Waals surface area (Å²) in [5.41, 5.74) is 2.87.